The number of aliphatic hydroxyl groups excluding tert-OH is 1. The molecule has 0 aromatic carbocycles. The lowest BCUT2D eigenvalue weighted by atomic mass is 10.1. The van der Waals surface area contributed by atoms with E-state index in [2.05, 4.69) is 4.90 Å². The molecule has 4 heteroatoms. The number of likely N-dealkylation sites (tertiary alicyclic amines) is 1. The molecule has 15 heavy (non-hydrogen) atoms. The van der Waals surface area contributed by atoms with Crippen molar-refractivity contribution in [1.82, 2.24) is 4.90 Å². The van der Waals surface area contributed by atoms with Crippen LogP contribution in [0.1, 0.15) is 26.2 Å². The van der Waals surface area contributed by atoms with Crippen LogP contribution in [0.2, 0.25) is 0 Å². The third-order valence-corrected chi connectivity index (χ3v) is 2.84. The monoisotopic (exact) mass is 215 g/mol. The van der Waals surface area contributed by atoms with E-state index >= 15 is 0 Å². The Morgan fingerprint density at radius 1 is 1.60 bits per heavy atom. The number of hydrogen-bond acceptors (Lipinski definition) is 4. The highest BCUT2D eigenvalue weighted by Gasteiger charge is 2.22. The van der Waals surface area contributed by atoms with E-state index in [4.69, 9.17) is 9.84 Å². The molecule has 88 valence electrons. The second-order valence-electron chi connectivity index (χ2n) is 4.02. The van der Waals surface area contributed by atoms with Gasteiger partial charge in [0.2, 0.25) is 0 Å². The molecule has 0 aliphatic carbocycles. The average molecular weight is 215 g/mol. The molecule has 0 aromatic heterocycles. The zero-order valence-corrected chi connectivity index (χ0v) is 9.45. The van der Waals surface area contributed by atoms with Crippen LogP contribution < -0.4 is 0 Å². The van der Waals surface area contributed by atoms with E-state index in [9.17, 15) is 4.79 Å². The normalized spacial score (nSPS) is 21.9. The molecule has 1 N–H and O–H groups in total. The molecule has 0 radical (unpaired) electrons. The molecule has 1 aliphatic rings. The molecule has 4 nitrogen and oxygen atoms in total. The van der Waals surface area contributed by atoms with Crippen LogP contribution in [0.25, 0.3) is 0 Å². The minimum atomic E-state index is -0.108. The van der Waals surface area contributed by atoms with Crippen molar-refractivity contribution < 1.29 is 14.6 Å². The number of carbonyl (C=O) groups excluding carboxylic acids is 1. The maximum atomic E-state index is 11.1. The van der Waals surface area contributed by atoms with Gasteiger partial charge >= 0.3 is 5.97 Å². The highest BCUT2D eigenvalue weighted by atomic mass is 16.5. The Bertz CT molecular complexity index is 196. The van der Waals surface area contributed by atoms with Crippen molar-refractivity contribution in [2.45, 2.75) is 26.2 Å². The van der Waals surface area contributed by atoms with Crippen molar-refractivity contribution in [1.29, 1.82) is 0 Å². The molecule has 1 aliphatic heterocycles. The van der Waals surface area contributed by atoms with E-state index in [0.29, 0.717) is 18.9 Å². The molecule has 1 heterocycles. The first kappa shape index (κ1) is 12.5. The first-order chi connectivity index (χ1) is 7.26. The van der Waals surface area contributed by atoms with Crippen LogP contribution in [0.4, 0.5) is 0 Å². The molecule has 1 fully saturated rings. The van der Waals surface area contributed by atoms with E-state index in [0.717, 1.165) is 32.5 Å². The van der Waals surface area contributed by atoms with Crippen LogP contribution in [0, 0.1) is 5.92 Å². The Kier molecular flexibility index (Phi) is 5.65. The minimum Gasteiger partial charge on any atom is -0.466 e. The van der Waals surface area contributed by atoms with Gasteiger partial charge in [-0.2, -0.15) is 0 Å². The van der Waals surface area contributed by atoms with E-state index < -0.39 is 0 Å². The van der Waals surface area contributed by atoms with Crippen LogP contribution in [-0.2, 0) is 9.53 Å². The molecule has 0 bridgehead atoms. The molecule has 1 rings (SSSR count). The van der Waals surface area contributed by atoms with Crippen LogP contribution in [-0.4, -0.2) is 48.8 Å². The standard InChI is InChI=1S/C11H21NO3/c1-2-15-11(14)4-7-12-6-3-10(9-12)5-8-13/h10,13H,2-9H2,1H3. The van der Waals surface area contributed by atoms with E-state index in [1.165, 1.54) is 0 Å². The number of aliphatic hydroxyl groups is 1. The quantitative estimate of drug-likeness (QED) is 0.661. The number of ether oxygens (including phenoxy) is 1. The summed E-state index contributed by atoms with van der Waals surface area (Å²) in [5, 5.41) is 8.81. The lowest BCUT2D eigenvalue weighted by Crippen LogP contribution is -2.24. The molecule has 1 atom stereocenters. The second-order valence-corrected chi connectivity index (χ2v) is 4.02. The van der Waals surface area contributed by atoms with Gasteiger partial charge in [0.15, 0.2) is 0 Å². The van der Waals surface area contributed by atoms with E-state index in [1.54, 1.807) is 0 Å². The Morgan fingerprint density at radius 2 is 2.40 bits per heavy atom. The maximum absolute atomic E-state index is 11.1. The van der Waals surface area contributed by atoms with Gasteiger partial charge in [-0.05, 0) is 32.2 Å². The predicted octanol–water partition coefficient (Wildman–Crippen LogP) is 0.644. The van der Waals surface area contributed by atoms with Gasteiger partial charge in [0, 0.05) is 19.7 Å². The van der Waals surface area contributed by atoms with Crippen molar-refractivity contribution in [2.24, 2.45) is 5.92 Å². The zero-order valence-electron chi connectivity index (χ0n) is 9.45. The average Bonchev–Trinajstić information content (AvgIpc) is 2.64. The molecular weight excluding hydrogens is 194 g/mol. The first-order valence-electron chi connectivity index (χ1n) is 5.75. The fraction of sp³-hybridized carbons (Fsp3) is 0.909. The largest absolute Gasteiger partial charge is 0.466 e. The van der Waals surface area contributed by atoms with Crippen LogP contribution in [0.5, 0.6) is 0 Å². The fourth-order valence-corrected chi connectivity index (χ4v) is 2.02. The van der Waals surface area contributed by atoms with Crippen molar-refractivity contribution in [3.8, 4) is 0 Å². The van der Waals surface area contributed by atoms with Gasteiger partial charge in [-0.15, -0.1) is 0 Å². The van der Waals surface area contributed by atoms with Crippen LogP contribution in [0.15, 0.2) is 0 Å². The molecule has 0 saturated carbocycles. The van der Waals surface area contributed by atoms with Crippen molar-refractivity contribution in [3.63, 3.8) is 0 Å². The number of rotatable bonds is 6. The van der Waals surface area contributed by atoms with E-state index in [1.807, 2.05) is 6.92 Å². The predicted molar refractivity (Wildman–Crippen MR) is 57.5 cm³/mol. The second kappa shape index (κ2) is 6.80. The summed E-state index contributed by atoms with van der Waals surface area (Å²) in [7, 11) is 0. The smallest absolute Gasteiger partial charge is 0.307 e. The Morgan fingerprint density at radius 3 is 3.07 bits per heavy atom. The molecular formula is C11H21NO3. The van der Waals surface area contributed by atoms with Crippen molar-refractivity contribution >= 4 is 5.97 Å². The molecule has 0 aromatic rings. The number of nitrogens with zero attached hydrogens (tertiary/aromatic N) is 1. The molecule has 0 spiro atoms. The van der Waals surface area contributed by atoms with Crippen molar-refractivity contribution in [3.05, 3.63) is 0 Å². The fourth-order valence-electron chi connectivity index (χ4n) is 2.02. The van der Waals surface area contributed by atoms with E-state index in [-0.39, 0.29) is 12.6 Å². The van der Waals surface area contributed by atoms with Crippen molar-refractivity contribution in [2.75, 3.05) is 32.8 Å². The van der Waals surface area contributed by atoms with Gasteiger partial charge in [0.25, 0.3) is 0 Å². The molecule has 1 unspecified atom stereocenters. The third-order valence-electron chi connectivity index (χ3n) is 2.84. The summed E-state index contributed by atoms with van der Waals surface area (Å²) < 4.78 is 4.87. The highest BCUT2D eigenvalue weighted by Crippen LogP contribution is 2.18. The number of hydrogen-bond donors (Lipinski definition) is 1. The summed E-state index contributed by atoms with van der Waals surface area (Å²) in [6, 6.07) is 0. The summed E-state index contributed by atoms with van der Waals surface area (Å²) in [4.78, 5) is 13.4. The summed E-state index contributed by atoms with van der Waals surface area (Å²) in [6.45, 7) is 5.41. The highest BCUT2D eigenvalue weighted by molar-refractivity contribution is 5.69. The Hall–Kier alpha value is -0.610. The van der Waals surface area contributed by atoms with Gasteiger partial charge in [0.05, 0.1) is 13.0 Å². The molecule has 0 amide bonds. The summed E-state index contributed by atoms with van der Waals surface area (Å²) in [5.74, 6) is 0.500. The van der Waals surface area contributed by atoms with Gasteiger partial charge in [0.1, 0.15) is 0 Å². The zero-order chi connectivity index (χ0) is 11.1. The first-order valence-corrected chi connectivity index (χ1v) is 5.75. The number of carbonyl (C=O) groups is 1. The summed E-state index contributed by atoms with van der Waals surface area (Å²) in [6.07, 6.45) is 2.51. The lowest BCUT2D eigenvalue weighted by Gasteiger charge is -2.14. The lowest BCUT2D eigenvalue weighted by molar-refractivity contribution is -0.143. The van der Waals surface area contributed by atoms with Crippen LogP contribution >= 0.6 is 0 Å². The summed E-state index contributed by atoms with van der Waals surface area (Å²) >= 11 is 0. The third kappa shape index (κ3) is 4.62. The van der Waals surface area contributed by atoms with Gasteiger partial charge in [-0.3, -0.25) is 4.79 Å². The maximum Gasteiger partial charge on any atom is 0.307 e. The topological polar surface area (TPSA) is 49.8 Å². The minimum absolute atomic E-state index is 0.108. The Balaban J connectivity index is 2.10. The SMILES string of the molecule is CCOC(=O)CCN1CCC(CCO)C1. The van der Waals surface area contributed by atoms with Crippen LogP contribution in [0.3, 0.4) is 0 Å². The van der Waals surface area contributed by atoms with Gasteiger partial charge < -0.3 is 14.7 Å². The Labute approximate surface area is 91.2 Å². The summed E-state index contributed by atoms with van der Waals surface area (Å²) in [5.41, 5.74) is 0. The molecule has 1 saturated heterocycles. The number of esters is 1. The van der Waals surface area contributed by atoms with Gasteiger partial charge in [-0.1, -0.05) is 0 Å². The van der Waals surface area contributed by atoms with Gasteiger partial charge in [-0.25, -0.2) is 0 Å².